The van der Waals surface area contributed by atoms with Crippen molar-refractivity contribution >= 4 is 0 Å². The largest absolute Gasteiger partial charge is 0.493 e. The summed E-state index contributed by atoms with van der Waals surface area (Å²) in [5.41, 5.74) is 2.30. The van der Waals surface area contributed by atoms with Crippen molar-refractivity contribution in [2.45, 2.75) is 18.9 Å². The van der Waals surface area contributed by atoms with E-state index >= 15 is 0 Å². The molecule has 0 amide bonds. The number of fused-ring (bicyclic) bond motifs is 1. The minimum absolute atomic E-state index is 0.112. The molecule has 0 spiro atoms. The predicted molar refractivity (Wildman–Crippen MR) is 80.9 cm³/mol. The molecule has 3 rings (SSSR count). The molecule has 5 heteroatoms. The van der Waals surface area contributed by atoms with E-state index in [-0.39, 0.29) is 12.0 Å². The Morgan fingerprint density at radius 1 is 1.48 bits per heavy atom. The van der Waals surface area contributed by atoms with Gasteiger partial charge in [0.1, 0.15) is 5.75 Å². The molecule has 0 saturated carbocycles. The highest BCUT2D eigenvalue weighted by atomic mass is 16.5. The SMILES string of the molecule is CCNC(c1c(OC)cnn1C)C1COc2ccccc21. The molecule has 2 aromatic rings. The van der Waals surface area contributed by atoms with Crippen LogP contribution in [0.5, 0.6) is 11.5 Å². The van der Waals surface area contributed by atoms with Gasteiger partial charge in [-0.1, -0.05) is 25.1 Å². The maximum Gasteiger partial charge on any atom is 0.161 e. The van der Waals surface area contributed by atoms with Gasteiger partial charge in [-0.05, 0) is 12.6 Å². The maximum atomic E-state index is 5.84. The number of benzene rings is 1. The van der Waals surface area contributed by atoms with Crippen LogP contribution in [0.2, 0.25) is 0 Å². The van der Waals surface area contributed by atoms with Gasteiger partial charge in [-0.2, -0.15) is 5.10 Å². The van der Waals surface area contributed by atoms with E-state index in [1.165, 1.54) is 5.56 Å². The normalized spacial score (nSPS) is 18.1. The first kappa shape index (κ1) is 13.9. The van der Waals surface area contributed by atoms with Gasteiger partial charge in [0.25, 0.3) is 0 Å². The van der Waals surface area contributed by atoms with E-state index in [9.17, 15) is 0 Å². The van der Waals surface area contributed by atoms with Crippen LogP contribution in [0.3, 0.4) is 0 Å². The van der Waals surface area contributed by atoms with Crippen LogP contribution in [0.4, 0.5) is 0 Å². The Labute approximate surface area is 124 Å². The molecular weight excluding hydrogens is 266 g/mol. The number of nitrogens with zero attached hydrogens (tertiary/aromatic N) is 2. The molecule has 1 aliphatic rings. The van der Waals surface area contributed by atoms with Crippen LogP contribution in [0, 0.1) is 0 Å². The molecule has 1 aromatic carbocycles. The molecule has 2 atom stereocenters. The summed E-state index contributed by atoms with van der Waals surface area (Å²) in [5, 5.41) is 7.89. The molecule has 112 valence electrons. The Morgan fingerprint density at radius 3 is 3.05 bits per heavy atom. The van der Waals surface area contributed by atoms with Crippen LogP contribution < -0.4 is 14.8 Å². The number of aryl methyl sites for hydroxylation is 1. The van der Waals surface area contributed by atoms with Crippen LogP contribution in [0.1, 0.15) is 30.1 Å². The average Bonchev–Trinajstić information content (AvgIpc) is 3.09. The molecule has 0 bridgehead atoms. The van der Waals surface area contributed by atoms with Gasteiger partial charge in [-0.15, -0.1) is 0 Å². The molecular formula is C16H21N3O2. The highest BCUT2D eigenvalue weighted by Crippen LogP contribution is 2.42. The van der Waals surface area contributed by atoms with Crippen LogP contribution in [0.15, 0.2) is 30.5 Å². The standard InChI is InChI=1S/C16H21N3O2/c1-4-17-15(16-14(20-3)9-18-19(16)2)12-10-21-13-8-6-5-7-11(12)13/h5-9,12,15,17H,4,10H2,1-3H3. The topological polar surface area (TPSA) is 48.3 Å². The van der Waals surface area contributed by atoms with Gasteiger partial charge >= 0.3 is 0 Å². The fourth-order valence-electron chi connectivity index (χ4n) is 3.05. The summed E-state index contributed by atoms with van der Waals surface area (Å²) in [4.78, 5) is 0. The fraction of sp³-hybridized carbons (Fsp3) is 0.438. The van der Waals surface area contributed by atoms with Crippen molar-refractivity contribution in [3.8, 4) is 11.5 Å². The summed E-state index contributed by atoms with van der Waals surface area (Å²) in [5.74, 6) is 2.05. The second-order valence-corrected chi connectivity index (χ2v) is 5.21. The van der Waals surface area contributed by atoms with Crippen molar-refractivity contribution in [2.24, 2.45) is 7.05 Å². The van der Waals surface area contributed by atoms with Crippen molar-refractivity contribution in [2.75, 3.05) is 20.3 Å². The number of para-hydroxylation sites is 1. The Bertz CT molecular complexity index is 624. The van der Waals surface area contributed by atoms with Crippen LogP contribution in [-0.2, 0) is 7.05 Å². The third kappa shape index (κ3) is 2.38. The quantitative estimate of drug-likeness (QED) is 0.916. The highest BCUT2D eigenvalue weighted by Gasteiger charge is 2.35. The molecule has 0 saturated heterocycles. The Kier molecular flexibility index (Phi) is 3.84. The van der Waals surface area contributed by atoms with Gasteiger partial charge in [0.05, 0.1) is 31.6 Å². The second-order valence-electron chi connectivity index (χ2n) is 5.21. The van der Waals surface area contributed by atoms with Gasteiger partial charge < -0.3 is 14.8 Å². The van der Waals surface area contributed by atoms with E-state index in [0.29, 0.717) is 6.61 Å². The van der Waals surface area contributed by atoms with Gasteiger partial charge in [0, 0.05) is 18.5 Å². The minimum atomic E-state index is 0.112. The highest BCUT2D eigenvalue weighted by molar-refractivity contribution is 5.43. The number of hydrogen-bond acceptors (Lipinski definition) is 4. The van der Waals surface area contributed by atoms with Crippen molar-refractivity contribution in [1.29, 1.82) is 0 Å². The Hall–Kier alpha value is -2.01. The molecule has 5 nitrogen and oxygen atoms in total. The molecule has 0 fully saturated rings. The van der Waals surface area contributed by atoms with E-state index in [4.69, 9.17) is 9.47 Å². The molecule has 0 aliphatic carbocycles. The monoisotopic (exact) mass is 287 g/mol. The van der Waals surface area contributed by atoms with Crippen LogP contribution in [0.25, 0.3) is 0 Å². The van der Waals surface area contributed by atoms with E-state index in [0.717, 1.165) is 23.7 Å². The molecule has 1 aromatic heterocycles. The van der Waals surface area contributed by atoms with Crippen LogP contribution in [-0.4, -0.2) is 30.0 Å². The summed E-state index contributed by atoms with van der Waals surface area (Å²) < 4.78 is 13.2. The van der Waals surface area contributed by atoms with Crippen LogP contribution >= 0.6 is 0 Å². The zero-order valence-electron chi connectivity index (χ0n) is 12.7. The smallest absolute Gasteiger partial charge is 0.161 e. The maximum absolute atomic E-state index is 5.84. The number of ether oxygens (including phenoxy) is 2. The third-order valence-electron chi connectivity index (χ3n) is 4.03. The predicted octanol–water partition coefficient (Wildman–Crippen LogP) is 2.26. The first-order valence-electron chi connectivity index (χ1n) is 7.27. The lowest BCUT2D eigenvalue weighted by atomic mass is 9.90. The third-order valence-corrected chi connectivity index (χ3v) is 4.03. The molecule has 0 radical (unpaired) electrons. The first-order valence-corrected chi connectivity index (χ1v) is 7.27. The molecule has 1 aliphatic heterocycles. The summed E-state index contributed by atoms with van der Waals surface area (Å²) >= 11 is 0. The number of nitrogens with one attached hydrogen (secondary N) is 1. The summed E-state index contributed by atoms with van der Waals surface area (Å²) in [6, 6.07) is 8.35. The van der Waals surface area contributed by atoms with Crippen molar-refractivity contribution < 1.29 is 9.47 Å². The molecule has 1 N–H and O–H groups in total. The van der Waals surface area contributed by atoms with Crippen molar-refractivity contribution in [3.05, 3.63) is 41.7 Å². The Morgan fingerprint density at radius 2 is 2.29 bits per heavy atom. The summed E-state index contributed by atoms with van der Waals surface area (Å²) in [6.07, 6.45) is 1.77. The van der Waals surface area contributed by atoms with Gasteiger partial charge in [0.15, 0.2) is 5.75 Å². The van der Waals surface area contributed by atoms with Gasteiger partial charge in [-0.25, -0.2) is 0 Å². The lowest BCUT2D eigenvalue weighted by molar-refractivity contribution is 0.292. The summed E-state index contributed by atoms with van der Waals surface area (Å²) in [7, 11) is 3.63. The number of hydrogen-bond donors (Lipinski definition) is 1. The van der Waals surface area contributed by atoms with Gasteiger partial charge in [0.2, 0.25) is 0 Å². The minimum Gasteiger partial charge on any atom is -0.493 e. The van der Waals surface area contributed by atoms with E-state index < -0.39 is 0 Å². The average molecular weight is 287 g/mol. The van der Waals surface area contributed by atoms with Gasteiger partial charge in [-0.3, -0.25) is 4.68 Å². The zero-order chi connectivity index (χ0) is 14.8. The van der Waals surface area contributed by atoms with Crippen molar-refractivity contribution in [3.63, 3.8) is 0 Å². The fourth-order valence-corrected chi connectivity index (χ4v) is 3.05. The van der Waals surface area contributed by atoms with E-state index in [1.807, 2.05) is 23.9 Å². The Balaban J connectivity index is 2.01. The second kappa shape index (κ2) is 5.77. The molecule has 21 heavy (non-hydrogen) atoms. The van der Waals surface area contributed by atoms with E-state index in [2.05, 4.69) is 29.5 Å². The summed E-state index contributed by atoms with van der Waals surface area (Å²) in [6.45, 7) is 3.65. The lowest BCUT2D eigenvalue weighted by Gasteiger charge is -2.24. The van der Waals surface area contributed by atoms with E-state index in [1.54, 1.807) is 13.3 Å². The molecule has 2 heterocycles. The first-order chi connectivity index (χ1) is 10.3. The molecule has 2 unspecified atom stereocenters. The lowest BCUT2D eigenvalue weighted by Crippen LogP contribution is -2.30. The zero-order valence-corrected chi connectivity index (χ0v) is 12.7. The number of rotatable bonds is 5. The van der Waals surface area contributed by atoms with Crippen molar-refractivity contribution in [1.82, 2.24) is 15.1 Å². The number of likely N-dealkylation sites (N-methyl/N-ethyl adjacent to an activating group) is 1. The number of aromatic nitrogens is 2. The number of methoxy groups -OCH3 is 1.